The van der Waals surface area contributed by atoms with Crippen molar-refractivity contribution in [2.45, 2.75) is 19.3 Å². The smallest absolute Gasteiger partial charge is 0.118 e. The summed E-state index contributed by atoms with van der Waals surface area (Å²) in [5.74, 6) is 0.929. The molecule has 1 N–H and O–H groups in total. The Hall–Kier alpha value is -0.290. The molecule has 0 aromatic heterocycles. The Morgan fingerprint density at radius 1 is 1.12 bits per heavy atom. The second-order valence-electron chi connectivity index (χ2n) is 3.74. The van der Waals surface area contributed by atoms with Gasteiger partial charge in [-0.3, -0.25) is 0 Å². The topological polar surface area (TPSA) is 21.3 Å². The number of methoxy groups -OCH3 is 1. The van der Waals surface area contributed by atoms with Crippen molar-refractivity contribution in [1.29, 1.82) is 0 Å². The van der Waals surface area contributed by atoms with Crippen LogP contribution in [0.2, 0.25) is 0 Å². The summed E-state index contributed by atoms with van der Waals surface area (Å²) in [6.07, 6.45) is 3.69. The molecule has 1 rings (SSSR count). The SMILES string of the molecule is COc1ccc(CCNCCCCI)cc1. The Morgan fingerprint density at radius 3 is 2.50 bits per heavy atom. The summed E-state index contributed by atoms with van der Waals surface area (Å²) in [4.78, 5) is 0. The fourth-order valence-electron chi connectivity index (χ4n) is 1.49. The van der Waals surface area contributed by atoms with Crippen LogP contribution in [0.25, 0.3) is 0 Å². The van der Waals surface area contributed by atoms with Crippen molar-refractivity contribution in [3.8, 4) is 5.75 Å². The Bertz CT molecular complexity index is 274. The molecule has 0 unspecified atom stereocenters. The number of hydrogen-bond donors (Lipinski definition) is 1. The van der Waals surface area contributed by atoms with Gasteiger partial charge in [0.1, 0.15) is 5.75 Å². The van der Waals surface area contributed by atoms with Crippen molar-refractivity contribution in [3.05, 3.63) is 29.8 Å². The van der Waals surface area contributed by atoms with Crippen LogP contribution in [0.3, 0.4) is 0 Å². The molecule has 1 aromatic carbocycles. The van der Waals surface area contributed by atoms with Gasteiger partial charge in [0.2, 0.25) is 0 Å². The molecule has 0 spiro atoms. The maximum Gasteiger partial charge on any atom is 0.118 e. The minimum Gasteiger partial charge on any atom is -0.497 e. The van der Waals surface area contributed by atoms with Crippen LogP contribution in [0, 0.1) is 0 Å². The van der Waals surface area contributed by atoms with E-state index in [9.17, 15) is 0 Å². The molecule has 0 saturated heterocycles. The van der Waals surface area contributed by atoms with Gasteiger partial charge >= 0.3 is 0 Å². The molecule has 0 aliphatic heterocycles. The van der Waals surface area contributed by atoms with Gasteiger partial charge in [0, 0.05) is 0 Å². The molecular weight excluding hydrogens is 313 g/mol. The molecule has 0 aliphatic carbocycles. The van der Waals surface area contributed by atoms with Crippen molar-refractivity contribution in [3.63, 3.8) is 0 Å². The van der Waals surface area contributed by atoms with Crippen molar-refractivity contribution in [2.24, 2.45) is 0 Å². The molecule has 0 bridgehead atoms. The average Bonchev–Trinajstić information content (AvgIpc) is 2.34. The lowest BCUT2D eigenvalue weighted by molar-refractivity contribution is 0.414. The number of hydrogen-bond acceptors (Lipinski definition) is 2. The predicted molar refractivity (Wildman–Crippen MR) is 77.7 cm³/mol. The highest BCUT2D eigenvalue weighted by Gasteiger charge is 1.94. The summed E-state index contributed by atoms with van der Waals surface area (Å²) in [5, 5.41) is 3.46. The van der Waals surface area contributed by atoms with Gasteiger partial charge < -0.3 is 10.1 Å². The molecule has 90 valence electrons. The van der Waals surface area contributed by atoms with Crippen molar-refractivity contribution in [1.82, 2.24) is 5.32 Å². The van der Waals surface area contributed by atoms with E-state index in [1.807, 2.05) is 12.1 Å². The number of alkyl halides is 1. The lowest BCUT2D eigenvalue weighted by Crippen LogP contribution is -2.18. The molecular formula is C13H20INO. The molecule has 16 heavy (non-hydrogen) atoms. The van der Waals surface area contributed by atoms with E-state index >= 15 is 0 Å². The molecule has 0 heterocycles. The first kappa shape index (κ1) is 13.8. The molecule has 2 nitrogen and oxygen atoms in total. The maximum atomic E-state index is 5.12. The zero-order valence-electron chi connectivity index (χ0n) is 9.84. The van der Waals surface area contributed by atoms with Crippen LogP contribution in [0.5, 0.6) is 5.75 Å². The molecule has 0 aliphatic rings. The van der Waals surface area contributed by atoms with E-state index in [0.29, 0.717) is 0 Å². The van der Waals surface area contributed by atoms with Gasteiger partial charge in [0.05, 0.1) is 7.11 Å². The van der Waals surface area contributed by atoms with Crippen molar-refractivity contribution < 1.29 is 4.74 Å². The number of ether oxygens (including phenoxy) is 1. The lowest BCUT2D eigenvalue weighted by atomic mass is 10.1. The minimum atomic E-state index is 0.929. The fourth-order valence-corrected chi connectivity index (χ4v) is 2.03. The molecule has 0 fully saturated rings. The van der Waals surface area contributed by atoms with Gasteiger partial charge in [-0.2, -0.15) is 0 Å². The van der Waals surface area contributed by atoms with E-state index in [1.165, 1.54) is 22.8 Å². The Balaban J connectivity index is 2.12. The largest absolute Gasteiger partial charge is 0.497 e. The van der Waals surface area contributed by atoms with Crippen molar-refractivity contribution in [2.75, 3.05) is 24.6 Å². The summed E-state index contributed by atoms with van der Waals surface area (Å²) in [5.41, 5.74) is 1.36. The van der Waals surface area contributed by atoms with Gasteiger partial charge in [-0.1, -0.05) is 34.7 Å². The first-order chi connectivity index (χ1) is 7.86. The van der Waals surface area contributed by atoms with Gasteiger partial charge in [-0.05, 0) is 54.5 Å². The Labute approximate surface area is 112 Å². The summed E-state index contributed by atoms with van der Waals surface area (Å²) in [7, 11) is 1.70. The van der Waals surface area contributed by atoms with Crippen LogP contribution in [-0.4, -0.2) is 24.6 Å². The Morgan fingerprint density at radius 2 is 1.88 bits per heavy atom. The third-order valence-corrected chi connectivity index (χ3v) is 3.25. The normalized spacial score (nSPS) is 10.4. The van der Waals surface area contributed by atoms with Crippen LogP contribution < -0.4 is 10.1 Å². The number of nitrogens with one attached hydrogen (secondary N) is 1. The van der Waals surface area contributed by atoms with Crippen LogP contribution in [-0.2, 0) is 6.42 Å². The van der Waals surface area contributed by atoms with Gasteiger partial charge in [0.25, 0.3) is 0 Å². The van der Waals surface area contributed by atoms with Gasteiger partial charge in [0.15, 0.2) is 0 Å². The number of rotatable bonds is 8. The highest BCUT2D eigenvalue weighted by Crippen LogP contribution is 2.11. The number of unbranched alkanes of at least 4 members (excludes halogenated alkanes) is 1. The second kappa shape index (κ2) is 8.82. The highest BCUT2D eigenvalue weighted by molar-refractivity contribution is 14.1. The zero-order chi connectivity index (χ0) is 11.6. The molecule has 3 heteroatoms. The number of benzene rings is 1. The molecule has 0 radical (unpaired) electrons. The summed E-state index contributed by atoms with van der Waals surface area (Å²) >= 11 is 2.42. The lowest BCUT2D eigenvalue weighted by Gasteiger charge is -2.05. The van der Waals surface area contributed by atoms with Gasteiger partial charge in [-0.15, -0.1) is 0 Å². The standard InChI is InChI=1S/C13H20INO/c1-16-13-6-4-12(5-7-13)8-11-15-10-3-2-9-14/h4-7,15H,2-3,8-11H2,1H3. The monoisotopic (exact) mass is 333 g/mol. The summed E-state index contributed by atoms with van der Waals surface area (Å²) < 4.78 is 6.38. The second-order valence-corrected chi connectivity index (χ2v) is 4.82. The predicted octanol–water partition coefficient (Wildman–Crippen LogP) is 3.04. The van der Waals surface area contributed by atoms with E-state index in [2.05, 4.69) is 40.0 Å². The maximum absolute atomic E-state index is 5.12. The minimum absolute atomic E-state index is 0.929. The summed E-state index contributed by atoms with van der Waals surface area (Å²) in [6, 6.07) is 8.30. The molecule has 0 amide bonds. The number of halogens is 1. The quantitative estimate of drug-likeness (QED) is 0.449. The Kier molecular flexibility index (Phi) is 7.59. The van der Waals surface area contributed by atoms with Crippen LogP contribution >= 0.6 is 22.6 Å². The van der Waals surface area contributed by atoms with Crippen LogP contribution in [0.15, 0.2) is 24.3 Å². The van der Waals surface area contributed by atoms with Gasteiger partial charge in [-0.25, -0.2) is 0 Å². The van der Waals surface area contributed by atoms with E-state index in [-0.39, 0.29) is 0 Å². The first-order valence-corrected chi connectivity index (χ1v) is 7.29. The van der Waals surface area contributed by atoms with Crippen molar-refractivity contribution >= 4 is 22.6 Å². The van der Waals surface area contributed by atoms with E-state index in [1.54, 1.807) is 7.11 Å². The third-order valence-electron chi connectivity index (χ3n) is 2.49. The van der Waals surface area contributed by atoms with Crippen LogP contribution in [0.1, 0.15) is 18.4 Å². The highest BCUT2D eigenvalue weighted by atomic mass is 127. The fraction of sp³-hybridized carbons (Fsp3) is 0.538. The molecule has 1 aromatic rings. The average molecular weight is 333 g/mol. The van der Waals surface area contributed by atoms with E-state index in [4.69, 9.17) is 4.74 Å². The molecule has 0 atom stereocenters. The van der Waals surface area contributed by atoms with Crippen LogP contribution in [0.4, 0.5) is 0 Å². The van der Waals surface area contributed by atoms with E-state index < -0.39 is 0 Å². The molecule has 0 saturated carbocycles. The first-order valence-electron chi connectivity index (χ1n) is 5.76. The third kappa shape index (κ3) is 5.70. The zero-order valence-corrected chi connectivity index (χ0v) is 12.0. The summed E-state index contributed by atoms with van der Waals surface area (Å²) in [6.45, 7) is 2.20. The van der Waals surface area contributed by atoms with E-state index in [0.717, 1.165) is 25.3 Å².